The van der Waals surface area contributed by atoms with Crippen LogP contribution in [-0.2, 0) is 11.2 Å². The van der Waals surface area contributed by atoms with E-state index < -0.39 is 0 Å². The molecule has 112 valence electrons. The van der Waals surface area contributed by atoms with Crippen molar-refractivity contribution in [1.29, 1.82) is 0 Å². The fourth-order valence-corrected chi connectivity index (χ4v) is 2.01. The summed E-state index contributed by atoms with van der Waals surface area (Å²) in [5, 5.41) is 2.99. The van der Waals surface area contributed by atoms with E-state index >= 15 is 0 Å². The van der Waals surface area contributed by atoms with E-state index in [1.807, 2.05) is 18.2 Å². The Morgan fingerprint density at radius 1 is 1.25 bits per heavy atom. The first kappa shape index (κ1) is 16.5. The zero-order valence-electron chi connectivity index (χ0n) is 13.4. The van der Waals surface area contributed by atoms with Crippen LogP contribution in [0.25, 0.3) is 0 Å². The van der Waals surface area contributed by atoms with Gasteiger partial charge in [-0.15, -0.1) is 0 Å². The molecule has 0 heterocycles. The number of benzene rings is 1. The van der Waals surface area contributed by atoms with Crippen LogP contribution >= 0.6 is 0 Å². The Morgan fingerprint density at radius 2 is 1.95 bits per heavy atom. The number of carbonyl (C=O) groups is 1. The molecule has 0 bridgehead atoms. The second-order valence-electron chi connectivity index (χ2n) is 6.28. The van der Waals surface area contributed by atoms with Crippen molar-refractivity contribution in [1.82, 2.24) is 0 Å². The van der Waals surface area contributed by atoms with Gasteiger partial charge in [-0.25, -0.2) is 0 Å². The van der Waals surface area contributed by atoms with E-state index in [9.17, 15) is 4.79 Å². The summed E-state index contributed by atoms with van der Waals surface area (Å²) in [5.74, 6) is 0.853. The van der Waals surface area contributed by atoms with Crippen LogP contribution < -0.4 is 10.1 Å². The number of hydrogen-bond acceptors (Lipinski definition) is 2. The zero-order chi connectivity index (χ0) is 15.2. The van der Waals surface area contributed by atoms with Gasteiger partial charge in [0.15, 0.2) is 0 Å². The van der Waals surface area contributed by atoms with Gasteiger partial charge in [-0.2, -0.15) is 0 Å². The maximum atomic E-state index is 12.1. The Bertz CT molecular complexity index is 447. The molecule has 0 aromatic heterocycles. The highest BCUT2D eigenvalue weighted by atomic mass is 16.5. The average molecular weight is 277 g/mol. The summed E-state index contributed by atoms with van der Waals surface area (Å²) in [4.78, 5) is 12.1. The number of anilines is 1. The summed E-state index contributed by atoms with van der Waals surface area (Å²) in [5.41, 5.74) is 1.90. The molecule has 1 rings (SSSR count). The molecule has 0 aliphatic heterocycles. The van der Waals surface area contributed by atoms with Crippen molar-refractivity contribution in [2.75, 3.05) is 11.9 Å². The number of rotatable bonds is 6. The highest BCUT2D eigenvalue weighted by Crippen LogP contribution is 2.30. The van der Waals surface area contributed by atoms with Crippen LogP contribution in [0.15, 0.2) is 18.2 Å². The minimum atomic E-state index is -0.0170. The number of ether oxygens (including phenoxy) is 1. The second kappa shape index (κ2) is 7.32. The maximum Gasteiger partial charge on any atom is 0.224 e. The monoisotopic (exact) mass is 277 g/mol. The van der Waals surface area contributed by atoms with E-state index in [2.05, 4.69) is 39.9 Å². The minimum absolute atomic E-state index is 0.0170. The Balaban J connectivity index is 2.90. The van der Waals surface area contributed by atoms with Crippen molar-refractivity contribution in [3.63, 3.8) is 0 Å². The van der Waals surface area contributed by atoms with Gasteiger partial charge < -0.3 is 10.1 Å². The standard InChI is InChI=1S/C17H27NO2/c1-6-11-20-16-13(7-2)9-8-10-14(16)18-15(19)12-17(3,4)5/h8-10H,6-7,11-12H2,1-5H3,(H,18,19). The largest absolute Gasteiger partial charge is 0.491 e. The SMILES string of the molecule is CCCOc1c(CC)cccc1NC(=O)CC(C)(C)C. The van der Waals surface area contributed by atoms with Crippen molar-refractivity contribution in [3.8, 4) is 5.75 Å². The second-order valence-corrected chi connectivity index (χ2v) is 6.28. The van der Waals surface area contributed by atoms with Gasteiger partial charge in [0.05, 0.1) is 12.3 Å². The molecule has 1 N–H and O–H groups in total. The summed E-state index contributed by atoms with van der Waals surface area (Å²) in [6.45, 7) is 11.0. The van der Waals surface area contributed by atoms with Crippen LogP contribution in [0.2, 0.25) is 0 Å². The number of para-hydroxylation sites is 1. The molecule has 1 amide bonds. The van der Waals surface area contributed by atoms with Crippen molar-refractivity contribution in [2.24, 2.45) is 5.41 Å². The van der Waals surface area contributed by atoms with Crippen LogP contribution in [-0.4, -0.2) is 12.5 Å². The van der Waals surface area contributed by atoms with Crippen LogP contribution in [0.1, 0.15) is 53.0 Å². The zero-order valence-corrected chi connectivity index (χ0v) is 13.4. The Labute approximate surface area is 122 Å². The first-order chi connectivity index (χ1) is 9.37. The van der Waals surface area contributed by atoms with Gasteiger partial charge in [0.1, 0.15) is 5.75 Å². The first-order valence-electron chi connectivity index (χ1n) is 7.42. The Morgan fingerprint density at radius 3 is 2.50 bits per heavy atom. The fourth-order valence-electron chi connectivity index (χ4n) is 2.01. The molecule has 0 spiro atoms. The quantitative estimate of drug-likeness (QED) is 0.836. The van der Waals surface area contributed by atoms with Gasteiger partial charge in [-0.3, -0.25) is 4.79 Å². The average Bonchev–Trinajstić information content (AvgIpc) is 2.34. The number of carbonyl (C=O) groups excluding carboxylic acids is 1. The molecular weight excluding hydrogens is 250 g/mol. The van der Waals surface area contributed by atoms with Gasteiger partial charge in [-0.05, 0) is 29.9 Å². The molecule has 0 fully saturated rings. The number of hydrogen-bond donors (Lipinski definition) is 1. The molecule has 20 heavy (non-hydrogen) atoms. The molecule has 1 aromatic carbocycles. The molecule has 3 nitrogen and oxygen atoms in total. The molecular formula is C17H27NO2. The van der Waals surface area contributed by atoms with Gasteiger partial charge in [0, 0.05) is 6.42 Å². The normalized spacial score (nSPS) is 11.2. The topological polar surface area (TPSA) is 38.3 Å². The fraction of sp³-hybridized carbons (Fsp3) is 0.588. The van der Waals surface area contributed by atoms with E-state index in [4.69, 9.17) is 4.74 Å². The highest BCUT2D eigenvalue weighted by Gasteiger charge is 2.18. The third-order valence-corrected chi connectivity index (χ3v) is 2.89. The van der Waals surface area contributed by atoms with Gasteiger partial charge >= 0.3 is 0 Å². The molecule has 3 heteroatoms. The molecule has 1 aromatic rings. The summed E-state index contributed by atoms with van der Waals surface area (Å²) in [7, 11) is 0. The van der Waals surface area contributed by atoms with Crippen molar-refractivity contribution in [3.05, 3.63) is 23.8 Å². The van der Waals surface area contributed by atoms with E-state index in [1.54, 1.807) is 0 Å². The smallest absolute Gasteiger partial charge is 0.224 e. The lowest BCUT2D eigenvalue weighted by Crippen LogP contribution is -2.20. The van der Waals surface area contributed by atoms with E-state index in [0.29, 0.717) is 13.0 Å². The third-order valence-electron chi connectivity index (χ3n) is 2.89. The van der Waals surface area contributed by atoms with Gasteiger partial charge in [0.2, 0.25) is 5.91 Å². The van der Waals surface area contributed by atoms with E-state index in [0.717, 1.165) is 29.8 Å². The lowest BCUT2D eigenvalue weighted by atomic mass is 9.92. The van der Waals surface area contributed by atoms with Crippen LogP contribution in [0, 0.1) is 5.41 Å². The van der Waals surface area contributed by atoms with Gasteiger partial charge in [0.25, 0.3) is 0 Å². The Kier molecular flexibility index (Phi) is 6.05. The molecule has 0 saturated carbocycles. The molecule has 0 radical (unpaired) electrons. The van der Waals surface area contributed by atoms with Gasteiger partial charge in [-0.1, -0.05) is 46.8 Å². The van der Waals surface area contributed by atoms with E-state index in [1.165, 1.54) is 0 Å². The summed E-state index contributed by atoms with van der Waals surface area (Å²) < 4.78 is 5.82. The molecule has 0 aliphatic rings. The number of nitrogens with one attached hydrogen (secondary N) is 1. The van der Waals surface area contributed by atoms with Crippen molar-refractivity contribution >= 4 is 11.6 Å². The molecule has 0 saturated heterocycles. The summed E-state index contributed by atoms with van der Waals surface area (Å²) in [6, 6.07) is 5.92. The lowest BCUT2D eigenvalue weighted by Gasteiger charge is -2.19. The lowest BCUT2D eigenvalue weighted by molar-refractivity contribution is -0.117. The van der Waals surface area contributed by atoms with E-state index in [-0.39, 0.29) is 11.3 Å². The molecule has 0 atom stereocenters. The number of aryl methyl sites for hydroxylation is 1. The van der Waals surface area contributed by atoms with Crippen LogP contribution in [0.5, 0.6) is 5.75 Å². The van der Waals surface area contributed by atoms with Crippen LogP contribution in [0.4, 0.5) is 5.69 Å². The molecule has 0 aliphatic carbocycles. The maximum absolute atomic E-state index is 12.1. The summed E-state index contributed by atoms with van der Waals surface area (Å²) in [6.07, 6.45) is 2.34. The van der Waals surface area contributed by atoms with Crippen LogP contribution in [0.3, 0.4) is 0 Å². The summed E-state index contributed by atoms with van der Waals surface area (Å²) >= 11 is 0. The first-order valence-corrected chi connectivity index (χ1v) is 7.42. The highest BCUT2D eigenvalue weighted by molar-refractivity contribution is 5.92. The molecule has 0 unspecified atom stereocenters. The number of amides is 1. The predicted octanol–water partition coefficient (Wildman–Crippen LogP) is 4.41. The van der Waals surface area contributed by atoms with Crippen molar-refractivity contribution in [2.45, 2.75) is 53.9 Å². The third kappa shape index (κ3) is 5.24. The Hall–Kier alpha value is -1.51. The van der Waals surface area contributed by atoms with Crippen molar-refractivity contribution < 1.29 is 9.53 Å². The minimum Gasteiger partial charge on any atom is -0.491 e. The predicted molar refractivity (Wildman–Crippen MR) is 84.3 cm³/mol.